The van der Waals surface area contributed by atoms with E-state index in [-0.39, 0.29) is 5.91 Å². The van der Waals surface area contributed by atoms with Gasteiger partial charge in [0.25, 0.3) is 5.91 Å². The first-order valence-corrected chi connectivity index (χ1v) is 6.20. The number of nitrogens with zero attached hydrogens (tertiary/aromatic N) is 3. The molecule has 2 rings (SSSR count). The fourth-order valence-electron chi connectivity index (χ4n) is 1.61. The molecular weight excluding hydrogens is 242 g/mol. The van der Waals surface area contributed by atoms with Crippen LogP contribution < -0.4 is 10.6 Å². The highest BCUT2D eigenvalue weighted by Gasteiger charge is 2.10. The third-order valence-electron chi connectivity index (χ3n) is 2.63. The van der Waals surface area contributed by atoms with Gasteiger partial charge in [-0.2, -0.15) is 5.10 Å². The Kier molecular flexibility index (Phi) is 4.12. The van der Waals surface area contributed by atoms with Crippen molar-refractivity contribution in [1.82, 2.24) is 14.8 Å². The first kappa shape index (κ1) is 13.1. The van der Waals surface area contributed by atoms with Gasteiger partial charge in [0.05, 0.1) is 6.20 Å². The first-order valence-electron chi connectivity index (χ1n) is 6.20. The summed E-state index contributed by atoms with van der Waals surface area (Å²) >= 11 is 0. The molecule has 0 saturated carbocycles. The Bertz CT molecular complexity index is 564. The molecule has 0 radical (unpaired) electrons. The van der Waals surface area contributed by atoms with Gasteiger partial charge in [-0.25, -0.2) is 0 Å². The summed E-state index contributed by atoms with van der Waals surface area (Å²) in [6, 6.07) is 5.31. The number of anilines is 2. The van der Waals surface area contributed by atoms with E-state index in [0.717, 1.165) is 18.7 Å². The molecule has 0 aliphatic carbocycles. The molecule has 2 N–H and O–H groups in total. The van der Waals surface area contributed by atoms with Crippen molar-refractivity contribution < 1.29 is 4.79 Å². The van der Waals surface area contributed by atoms with Crippen LogP contribution in [0.5, 0.6) is 0 Å². The van der Waals surface area contributed by atoms with E-state index >= 15 is 0 Å². The maximum absolute atomic E-state index is 12.0. The maximum Gasteiger partial charge on any atom is 0.275 e. The average molecular weight is 259 g/mol. The summed E-state index contributed by atoms with van der Waals surface area (Å²) in [6.45, 7) is 2.96. The van der Waals surface area contributed by atoms with E-state index < -0.39 is 0 Å². The lowest BCUT2D eigenvalue weighted by atomic mass is 10.3. The molecule has 0 aliphatic rings. The third-order valence-corrected chi connectivity index (χ3v) is 2.63. The molecule has 0 bridgehead atoms. The number of hydrogen-bond acceptors (Lipinski definition) is 4. The van der Waals surface area contributed by atoms with Crippen LogP contribution in [-0.4, -0.2) is 27.2 Å². The molecule has 0 spiro atoms. The van der Waals surface area contributed by atoms with Crippen molar-refractivity contribution in [3.8, 4) is 0 Å². The van der Waals surface area contributed by atoms with Crippen molar-refractivity contribution in [2.45, 2.75) is 13.3 Å². The molecule has 0 atom stereocenters. The standard InChI is InChI=1S/C13H17N5O/c1-3-6-14-10-4-7-15-11(9-10)13(19)17-12-5-8-16-18(12)2/h4-5,7-9H,3,6H2,1-2H3,(H,14,15)(H,17,19). The summed E-state index contributed by atoms with van der Waals surface area (Å²) in [6.07, 6.45) is 4.28. The minimum atomic E-state index is -0.247. The number of carbonyl (C=O) groups is 1. The Morgan fingerprint density at radius 2 is 2.21 bits per heavy atom. The van der Waals surface area contributed by atoms with Crippen LogP contribution >= 0.6 is 0 Å². The molecule has 0 unspecified atom stereocenters. The molecule has 2 aromatic rings. The Balaban J connectivity index is 2.08. The molecule has 2 aromatic heterocycles. The van der Waals surface area contributed by atoms with E-state index in [0.29, 0.717) is 11.5 Å². The van der Waals surface area contributed by atoms with Crippen LogP contribution in [0, 0.1) is 0 Å². The Labute approximate surface area is 111 Å². The largest absolute Gasteiger partial charge is 0.385 e. The second kappa shape index (κ2) is 5.99. The lowest BCUT2D eigenvalue weighted by Crippen LogP contribution is -2.16. The second-order valence-electron chi connectivity index (χ2n) is 4.15. The van der Waals surface area contributed by atoms with Crippen LogP contribution in [0.2, 0.25) is 0 Å². The molecule has 0 fully saturated rings. The van der Waals surface area contributed by atoms with Crippen LogP contribution in [0.4, 0.5) is 11.5 Å². The molecule has 1 amide bonds. The summed E-state index contributed by atoms with van der Waals surface area (Å²) < 4.78 is 1.59. The minimum Gasteiger partial charge on any atom is -0.385 e. The van der Waals surface area contributed by atoms with E-state index in [9.17, 15) is 4.79 Å². The van der Waals surface area contributed by atoms with E-state index in [2.05, 4.69) is 27.6 Å². The first-order chi connectivity index (χ1) is 9.20. The highest BCUT2D eigenvalue weighted by Crippen LogP contribution is 2.10. The van der Waals surface area contributed by atoms with Gasteiger partial charge in [0.1, 0.15) is 11.5 Å². The lowest BCUT2D eigenvalue weighted by Gasteiger charge is -2.07. The van der Waals surface area contributed by atoms with Gasteiger partial charge in [0.2, 0.25) is 0 Å². The Morgan fingerprint density at radius 3 is 2.89 bits per heavy atom. The number of amides is 1. The summed E-state index contributed by atoms with van der Waals surface area (Å²) in [5, 5.41) is 9.97. The maximum atomic E-state index is 12.0. The van der Waals surface area contributed by atoms with E-state index in [4.69, 9.17) is 0 Å². The van der Waals surface area contributed by atoms with Crippen molar-refractivity contribution in [2.24, 2.45) is 7.05 Å². The van der Waals surface area contributed by atoms with Gasteiger partial charge >= 0.3 is 0 Å². The highest BCUT2D eigenvalue weighted by molar-refractivity contribution is 6.02. The average Bonchev–Trinajstić information content (AvgIpc) is 2.82. The normalized spacial score (nSPS) is 10.2. The van der Waals surface area contributed by atoms with Crippen LogP contribution in [0.15, 0.2) is 30.6 Å². The van der Waals surface area contributed by atoms with Gasteiger partial charge in [-0.15, -0.1) is 0 Å². The SMILES string of the molecule is CCCNc1ccnc(C(=O)Nc2ccnn2C)c1. The van der Waals surface area contributed by atoms with Gasteiger partial charge in [-0.1, -0.05) is 6.92 Å². The zero-order valence-electron chi connectivity index (χ0n) is 11.1. The molecular formula is C13H17N5O. The fraction of sp³-hybridized carbons (Fsp3) is 0.308. The fourth-order valence-corrected chi connectivity index (χ4v) is 1.61. The van der Waals surface area contributed by atoms with E-state index in [1.807, 2.05) is 6.07 Å². The monoisotopic (exact) mass is 259 g/mol. The number of carbonyl (C=O) groups excluding carboxylic acids is 1. The molecule has 0 saturated heterocycles. The summed E-state index contributed by atoms with van der Waals surface area (Å²) in [5.41, 5.74) is 1.27. The summed E-state index contributed by atoms with van der Waals surface area (Å²) in [5.74, 6) is 0.391. The van der Waals surface area contributed by atoms with Crippen molar-refractivity contribution >= 4 is 17.4 Å². The Hall–Kier alpha value is -2.37. The van der Waals surface area contributed by atoms with Crippen molar-refractivity contribution in [1.29, 1.82) is 0 Å². The number of rotatable bonds is 5. The predicted molar refractivity (Wildman–Crippen MR) is 74.2 cm³/mol. The quantitative estimate of drug-likeness (QED) is 0.860. The van der Waals surface area contributed by atoms with Crippen molar-refractivity contribution in [3.05, 3.63) is 36.3 Å². The predicted octanol–water partition coefficient (Wildman–Crippen LogP) is 1.89. The van der Waals surface area contributed by atoms with Crippen LogP contribution in [0.1, 0.15) is 23.8 Å². The smallest absolute Gasteiger partial charge is 0.275 e. The van der Waals surface area contributed by atoms with Gasteiger partial charge in [0.15, 0.2) is 0 Å². The van der Waals surface area contributed by atoms with Gasteiger partial charge in [0, 0.05) is 31.5 Å². The van der Waals surface area contributed by atoms with Crippen LogP contribution in [0.3, 0.4) is 0 Å². The number of hydrogen-bond donors (Lipinski definition) is 2. The molecule has 100 valence electrons. The Morgan fingerprint density at radius 1 is 1.37 bits per heavy atom. The van der Waals surface area contributed by atoms with Crippen molar-refractivity contribution in [2.75, 3.05) is 17.2 Å². The van der Waals surface area contributed by atoms with Gasteiger partial charge in [-0.05, 0) is 18.6 Å². The zero-order chi connectivity index (χ0) is 13.7. The zero-order valence-corrected chi connectivity index (χ0v) is 11.1. The van der Waals surface area contributed by atoms with Crippen LogP contribution in [0.25, 0.3) is 0 Å². The molecule has 0 aliphatic heterocycles. The second-order valence-corrected chi connectivity index (χ2v) is 4.15. The molecule has 19 heavy (non-hydrogen) atoms. The van der Waals surface area contributed by atoms with E-state index in [1.54, 1.807) is 36.3 Å². The van der Waals surface area contributed by atoms with Gasteiger partial charge < -0.3 is 10.6 Å². The summed E-state index contributed by atoms with van der Waals surface area (Å²) in [7, 11) is 1.77. The molecule has 6 heteroatoms. The molecule has 2 heterocycles. The van der Waals surface area contributed by atoms with Crippen LogP contribution in [-0.2, 0) is 7.05 Å². The number of pyridine rings is 1. The molecule has 0 aromatic carbocycles. The topological polar surface area (TPSA) is 71.8 Å². The van der Waals surface area contributed by atoms with Crippen molar-refractivity contribution in [3.63, 3.8) is 0 Å². The minimum absolute atomic E-state index is 0.247. The highest BCUT2D eigenvalue weighted by atomic mass is 16.2. The summed E-state index contributed by atoms with van der Waals surface area (Å²) in [4.78, 5) is 16.1. The third kappa shape index (κ3) is 3.31. The van der Waals surface area contributed by atoms with Gasteiger partial charge in [-0.3, -0.25) is 14.5 Å². The number of nitrogens with one attached hydrogen (secondary N) is 2. The van der Waals surface area contributed by atoms with E-state index in [1.165, 1.54) is 0 Å². The number of aromatic nitrogens is 3. The molecule has 6 nitrogen and oxygen atoms in total. The number of aryl methyl sites for hydroxylation is 1. The lowest BCUT2D eigenvalue weighted by molar-refractivity contribution is 0.102.